The molecule has 0 bridgehead atoms. The Morgan fingerprint density at radius 2 is 1.68 bits per heavy atom. The Hall–Kier alpha value is -3.64. The highest BCUT2D eigenvalue weighted by atomic mass is 35.5. The summed E-state index contributed by atoms with van der Waals surface area (Å²) < 4.78 is 2.48. The van der Waals surface area contributed by atoms with E-state index in [1.54, 1.807) is 54.6 Å². The third kappa shape index (κ3) is 4.44. The van der Waals surface area contributed by atoms with Crippen molar-refractivity contribution in [3.63, 3.8) is 0 Å². The molecule has 3 aromatic carbocycles. The lowest BCUT2D eigenvalue weighted by molar-refractivity contribution is -0.116. The molecule has 0 aliphatic carbocycles. The van der Waals surface area contributed by atoms with Crippen molar-refractivity contribution in [3.8, 4) is 0 Å². The van der Waals surface area contributed by atoms with Crippen LogP contribution in [-0.4, -0.2) is 15.0 Å². The van der Waals surface area contributed by atoms with Gasteiger partial charge in [0.25, 0.3) is 5.56 Å². The summed E-state index contributed by atoms with van der Waals surface area (Å²) >= 11 is 5.94. The topological polar surface area (TPSA) is 73.1 Å². The van der Waals surface area contributed by atoms with E-state index in [4.69, 9.17) is 11.6 Å². The Balaban J connectivity index is 1.75. The van der Waals surface area contributed by atoms with Crippen LogP contribution in [0.25, 0.3) is 10.9 Å². The van der Waals surface area contributed by atoms with E-state index in [2.05, 4.69) is 5.32 Å². The highest BCUT2D eigenvalue weighted by molar-refractivity contribution is 6.30. The molecule has 156 valence electrons. The van der Waals surface area contributed by atoms with Gasteiger partial charge in [-0.3, -0.25) is 18.7 Å². The molecule has 1 amide bonds. The number of para-hydroxylation sites is 1. The largest absolute Gasteiger partial charge is 0.332 e. The lowest BCUT2D eigenvalue weighted by atomic mass is 10.2. The van der Waals surface area contributed by atoms with Gasteiger partial charge in [-0.25, -0.2) is 4.79 Å². The third-order valence-electron chi connectivity index (χ3n) is 4.99. The van der Waals surface area contributed by atoms with Crippen LogP contribution in [0.3, 0.4) is 0 Å². The number of nitrogens with one attached hydrogen (secondary N) is 1. The zero-order valence-electron chi connectivity index (χ0n) is 16.8. The SMILES string of the molecule is Cc1cccc(NC(=O)Cn2c(=O)n(Cc3ccc(Cl)cc3)c(=O)c3ccccc32)c1. The molecule has 0 saturated carbocycles. The van der Waals surface area contributed by atoms with Gasteiger partial charge in [0, 0.05) is 10.7 Å². The molecule has 1 heterocycles. The number of carbonyl (C=O) groups is 1. The molecule has 0 aliphatic heterocycles. The molecule has 1 N–H and O–H groups in total. The average Bonchev–Trinajstić information content (AvgIpc) is 2.75. The molecular formula is C24H20ClN3O3. The number of amides is 1. The summed E-state index contributed by atoms with van der Waals surface area (Å²) in [5, 5.41) is 3.76. The van der Waals surface area contributed by atoms with Crippen molar-refractivity contribution in [1.29, 1.82) is 0 Å². The Morgan fingerprint density at radius 3 is 2.42 bits per heavy atom. The normalized spacial score (nSPS) is 10.9. The molecule has 0 unspecified atom stereocenters. The minimum absolute atomic E-state index is 0.0825. The van der Waals surface area contributed by atoms with E-state index in [9.17, 15) is 14.4 Å². The van der Waals surface area contributed by atoms with Gasteiger partial charge in [0.15, 0.2) is 0 Å². The van der Waals surface area contributed by atoms with Crippen LogP contribution in [0.5, 0.6) is 0 Å². The van der Waals surface area contributed by atoms with E-state index in [1.807, 2.05) is 25.1 Å². The maximum absolute atomic E-state index is 13.2. The maximum atomic E-state index is 13.2. The quantitative estimate of drug-likeness (QED) is 0.520. The molecule has 0 spiro atoms. The fourth-order valence-electron chi connectivity index (χ4n) is 3.50. The second-order valence-corrected chi connectivity index (χ2v) is 7.76. The second-order valence-electron chi connectivity index (χ2n) is 7.32. The molecule has 4 aromatic rings. The van der Waals surface area contributed by atoms with Gasteiger partial charge >= 0.3 is 5.69 Å². The predicted molar refractivity (Wildman–Crippen MR) is 123 cm³/mol. The van der Waals surface area contributed by atoms with Crippen molar-refractivity contribution >= 4 is 34.1 Å². The summed E-state index contributed by atoms with van der Waals surface area (Å²) in [6.45, 7) is 1.80. The molecular weight excluding hydrogens is 414 g/mol. The summed E-state index contributed by atoms with van der Waals surface area (Å²) in [5.74, 6) is -0.352. The standard InChI is InChI=1S/C24H20ClN3O3/c1-16-5-4-6-19(13-16)26-22(29)15-27-21-8-3-2-7-20(21)23(30)28(24(27)31)14-17-9-11-18(25)12-10-17/h2-13H,14-15H2,1H3,(H,26,29). The number of rotatable bonds is 5. The first-order valence-electron chi connectivity index (χ1n) is 9.76. The lowest BCUT2D eigenvalue weighted by Crippen LogP contribution is -2.42. The van der Waals surface area contributed by atoms with Crippen LogP contribution in [0.2, 0.25) is 5.02 Å². The molecule has 0 atom stereocenters. The molecule has 0 aliphatic rings. The summed E-state index contributed by atoms with van der Waals surface area (Å²) in [7, 11) is 0. The van der Waals surface area contributed by atoms with E-state index in [-0.39, 0.29) is 19.0 Å². The fourth-order valence-corrected chi connectivity index (χ4v) is 3.63. The van der Waals surface area contributed by atoms with Gasteiger partial charge in [0.2, 0.25) is 5.91 Å². The van der Waals surface area contributed by atoms with Crippen LogP contribution in [-0.2, 0) is 17.9 Å². The second kappa shape index (κ2) is 8.62. The summed E-state index contributed by atoms with van der Waals surface area (Å²) in [6, 6.07) is 21.1. The zero-order valence-corrected chi connectivity index (χ0v) is 17.6. The van der Waals surface area contributed by atoms with Gasteiger partial charge in [0.1, 0.15) is 6.54 Å². The van der Waals surface area contributed by atoms with Gasteiger partial charge in [-0.15, -0.1) is 0 Å². The molecule has 0 fully saturated rings. The molecule has 0 radical (unpaired) electrons. The number of hydrogen-bond donors (Lipinski definition) is 1. The first-order valence-corrected chi connectivity index (χ1v) is 10.1. The van der Waals surface area contributed by atoms with Crippen molar-refractivity contribution in [2.75, 3.05) is 5.32 Å². The monoisotopic (exact) mass is 433 g/mol. The number of anilines is 1. The molecule has 4 rings (SSSR count). The Morgan fingerprint density at radius 1 is 0.935 bits per heavy atom. The van der Waals surface area contributed by atoms with Crippen LogP contribution in [0.15, 0.2) is 82.4 Å². The van der Waals surface area contributed by atoms with E-state index in [1.165, 1.54) is 4.57 Å². The highest BCUT2D eigenvalue weighted by Crippen LogP contribution is 2.13. The Kier molecular flexibility index (Phi) is 5.73. The number of halogens is 1. The van der Waals surface area contributed by atoms with Crippen LogP contribution in [0.4, 0.5) is 5.69 Å². The first-order chi connectivity index (χ1) is 14.9. The van der Waals surface area contributed by atoms with Crippen molar-refractivity contribution in [1.82, 2.24) is 9.13 Å². The molecule has 6 nitrogen and oxygen atoms in total. The summed E-state index contributed by atoms with van der Waals surface area (Å²) in [6.07, 6.45) is 0. The van der Waals surface area contributed by atoms with E-state index in [0.717, 1.165) is 15.7 Å². The number of fused-ring (bicyclic) bond motifs is 1. The smallest absolute Gasteiger partial charge is 0.325 e. The van der Waals surface area contributed by atoms with Gasteiger partial charge in [0.05, 0.1) is 17.4 Å². The number of nitrogens with zero attached hydrogens (tertiary/aromatic N) is 2. The fraction of sp³-hybridized carbons (Fsp3) is 0.125. The van der Waals surface area contributed by atoms with Crippen molar-refractivity contribution in [3.05, 3.63) is 110 Å². The van der Waals surface area contributed by atoms with E-state index < -0.39 is 11.2 Å². The van der Waals surface area contributed by atoms with Crippen molar-refractivity contribution < 1.29 is 4.79 Å². The van der Waals surface area contributed by atoms with Crippen LogP contribution >= 0.6 is 11.6 Å². The third-order valence-corrected chi connectivity index (χ3v) is 5.24. The zero-order chi connectivity index (χ0) is 22.0. The summed E-state index contributed by atoms with van der Waals surface area (Å²) in [5.41, 5.74) is 1.90. The Labute approximate surface area is 183 Å². The van der Waals surface area contributed by atoms with Crippen LogP contribution < -0.4 is 16.6 Å². The first kappa shape index (κ1) is 20.6. The predicted octanol–water partition coefficient (Wildman–Crippen LogP) is 3.81. The van der Waals surface area contributed by atoms with Crippen LogP contribution in [0.1, 0.15) is 11.1 Å². The number of benzene rings is 3. The van der Waals surface area contributed by atoms with Crippen LogP contribution in [0, 0.1) is 6.92 Å². The highest BCUT2D eigenvalue weighted by Gasteiger charge is 2.15. The van der Waals surface area contributed by atoms with Gasteiger partial charge < -0.3 is 5.32 Å². The lowest BCUT2D eigenvalue weighted by Gasteiger charge is -2.14. The Bertz CT molecular complexity index is 1390. The number of hydrogen-bond acceptors (Lipinski definition) is 3. The number of aromatic nitrogens is 2. The minimum Gasteiger partial charge on any atom is -0.325 e. The van der Waals surface area contributed by atoms with E-state index in [0.29, 0.717) is 21.6 Å². The minimum atomic E-state index is -0.543. The summed E-state index contributed by atoms with van der Waals surface area (Å²) in [4.78, 5) is 39.0. The van der Waals surface area contributed by atoms with Crippen molar-refractivity contribution in [2.45, 2.75) is 20.0 Å². The van der Waals surface area contributed by atoms with Crippen molar-refractivity contribution in [2.24, 2.45) is 0 Å². The van der Waals surface area contributed by atoms with Gasteiger partial charge in [-0.1, -0.05) is 48.0 Å². The van der Waals surface area contributed by atoms with Gasteiger partial charge in [-0.05, 0) is 54.4 Å². The molecule has 0 saturated heterocycles. The number of aryl methyl sites for hydroxylation is 1. The maximum Gasteiger partial charge on any atom is 0.332 e. The number of carbonyl (C=O) groups excluding carboxylic acids is 1. The molecule has 1 aromatic heterocycles. The van der Waals surface area contributed by atoms with Gasteiger partial charge in [-0.2, -0.15) is 0 Å². The molecule has 7 heteroatoms. The average molecular weight is 434 g/mol. The van der Waals surface area contributed by atoms with E-state index >= 15 is 0 Å². The molecule has 31 heavy (non-hydrogen) atoms.